The van der Waals surface area contributed by atoms with Gasteiger partial charge in [0.15, 0.2) is 0 Å². The SMILES string of the molecule is CN1CCC(C)(C(=O)NCC2CCOCC2)CC1. The van der Waals surface area contributed by atoms with Gasteiger partial charge in [-0.05, 0) is 51.7 Å². The maximum Gasteiger partial charge on any atom is 0.226 e. The molecule has 1 amide bonds. The Morgan fingerprint density at radius 2 is 1.94 bits per heavy atom. The highest BCUT2D eigenvalue weighted by Crippen LogP contribution is 2.30. The van der Waals surface area contributed by atoms with Crippen LogP contribution in [0, 0.1) is 11.3 Å². The number of carbonyl (C=O) groups is 1. The zero-order valence-electron chi connectivity index (χ0n) is 11.7. The van der Waals surface area contributed by atoms with Gasteiger partial charge in [0.2, 0.25) is 5.91 Å². The average Bonchev–Trinajstić information content (AvgIpc) is 2.41. The van der Waals surface area contributed by atoms with Crippen molar-refractivity contribution in [1.29, 1.82) is 0 Å². The van der Waals surface area contributed by atoms with Crippen molar-refractivity contribution in [2.24, 2.45) is 11.3 Å². The van der Waals surface area contributed by atoms with Gasteiger partial charge in [-0.1, -0.05) is 6.92 Å². The molecule has 2 fully saturated rings. The van der Waals surface area contributed by atoms with Gasteiger partial charge in [0.25, 0.3) is 0 Å². The topological polar surface area (TPSA) is 41.6 Å². The van der Waals surface area contributed by atoms with Crippen molar-refractivity contribution < 1.29 is 9.53 Å². The van der Waals surface area contributed by atoms with Crippen molar-refractivity contribution in [1.82, 2.24) is 10.2 Å². The summed E-state index contributed by atoms with van der Waals surface area (Å²) < 4.78 is 5.34. The van der Waals surface area contributed by atoms with Gasteiger partial charge in [0, 0.05) is 25.2 Å². The van der Waals surface area contributed by atoms with Gasteiger partial charge in [0.05, 0.1) is 0 Å². The molecular weight excluding hydrogens is 228 g/mol. The third-order valence-electron chi connectivity index (χ3n) is 4.53. The van der Waals surface area contributed by atoms with Crippen molar-refractivity contribution in [3.05, 3.63) is 0 Å². The lowest BCUT2D eigenvalue weighted by molar-refractivity contribution is -0.132. The Hall–Kier alpha value is -0.610. The van der Waals surface area contributed by atoms with Gasteiger partial charge in [-0.25, -0.2) is 0 Å². The van der Waals surface area contributed by atoms with Gasteiger partial charge < -0.3 is 15.0 Å². The fourth-order valence-corrected chi connectivity index (χ4v) is 2.74. The van der Waals surface area contributed by atoms with Crippen molar-refractivity contribution in [2.45, 2.75) is 32.6 Å². The Bertz CT molecular complexity index is 280. The van der Waals surface area contributed by atoms with Crippen LogP contribution in [0.5, 0.6) is 0 Å². The van der Waals surface area contributed by atoms with E-state index in [9.17, 15) is 4.79 Å². The molecule has 0 saturated carbocycles. The predicted molar refractivity (Wildman–Crippen MR) is 71.4 cm³/mol. The summed E-state index contributed by atoms with van der Waals surface area (Å²) in [5.41, 5.74) is -0.155. The van der Waals surface area contributed by atoms with Gasteiger partial charge in [-0.3, -0.25) is 4.79 Å². The van der Waals surface area contributed by atoms with Crippen LogP contribution >= 0.6 is 0 Å². The molecule has 0 bridgehead atoms. The number of carbonyl (C=O) groups excluding carboxylic acids is 1. The van der Waals surface area contributed by atoms with E-state index in [1.54, 1.807) is 0 Å². The highest BCUT2D eigenvalue weighted by Gasteiger charge is 2.36. The first-order chi connectivity index (χ1) is 8.60. The highest BCUT2D eigenvalue weighted by molar-refractivity contribution is 5.82. The maximum atomic E-state index is 12.3. The van der Waals surface area contributed by atoms with Crippen molar-refractivity contribution in [3.63, 3.8) is 0 Å². The molecule has 0 aromatic carbocycles. The monoisotopic (exact) mass is 254 g/mol. The van der Waals surface area contributed by atoms with Crippen LogP contribution in [-0.2, 0) is 9.53 Å². The molecule has 2 rings (SSSR count). The predicted octanol–water partition coefficient (Wildman–Crippen LogP) is 1.26. The van der Waals surface area contributed by atoms with Crippen LogP contribution in [0.25, 0.3) is 0 Å². The van der Waals surface area contributed by atoms with Crippen LogP contribution < -0.4 is 5.32 Å². The van der Waals surface area contributed by atoms with E-state index < -0.39 is 0 Å². The molecule has 0 radical (unpaired) electrons. The van der Waals surface area contributed by atoms with Gasteiger partial charge in [-0.15, -0.1) is 0 Å². The smallest absolute Gasteiger partial charge is 0.226 e. The molecule has 0 aliphatic carbocycles. The van der Waals surface area contributed by atoms with E-state index >= 15 is 0 Å². The molecule has 1 N–H and O–H groups in total. The molecule has 104 valence electrons. The number of nitrogens with one attached hydrogen (secondary N) is 1. The minimum absolute atomic E-state index is 0.155. The summed E-state index contributed by atoms with van der Waals surface area (Å²) in [6.45, 7) is 6.69. The molecule has 0 unspecified atom stereocenters. The molecule has 4 heteroatoms. The van der Waals surface area contributed by atoms with E-state index in [0.29, 0.717) is 5.92 Å². The minimum atomic E-state index is -0.155. The van der Waals surface area contributed by atoms with E-state index in [4.69, 9.17) is 4.74 Å². The standard InChI is InChI=1S/C14H26N2O2/c1-14(5-7-16(2)8-6-14)13(17)15-11-12-3-9-18-10-4-12/h12H,3-11H2,1-2H3,(H,15,17). The zero-order chi connectivity index (χ0) is 13.0. The molecular formula is C14H26N2O2. The lowest BCUT2D eigenvalue weighted by Gasteiger charge is -2.37. The number of likely N-dealkylation sites (tertiary alicyclic amines) is 1. The number of hydrogen-bond donors (Lipinski definition) is 1. The molecule has 2 aliphatic rings. The summed E-state index contributed by atoms with van der Waals surface area (Å²) >= 11 is 0. The van der Waals surface area contributed by atoms with Crippen molar-refractivity contribution >= 4 is 5.91 Å². The quantitative estimate of drug-likeness (QED) is 0.824. The van der Waals surface area contributed by atoms with E-state index in [1.165, 1.54) is 0 Å². The number of piperidine rings is 1. The molecule has 4 nitrogen and oxygen atoms in total. The fraction of sp³-hybridized carbons (Fsp3) is 0.929. The molecule has 0 spiro atoms. The second kappa shape index (κ2) is 6.02. The van der Waals surface area contributed by atoms with Crippen LogP contribution in [0.15, 0.2) is 0 Å². The molecule has 2 saturated heterocycles. The number of nitrogens with zero attached hydrogens (tertiary/aromatic N) is 1. The van der Waals surface area contributed by atoms with E-state index in [2.05, 4.69) is 24.2 Å². The second-order valence-electron chi connectivity index (χ2n) is 6.13. The maximum absolute atomic E-state index is 12.3. The van der Waals surface area contributed by atoms with Gasteiger partial charge in [-0.2, -0.15) is 0 Å². The van der Waals surface area contributed by atoms with Gasteiger partial charge >= 0.3 is 0 Å². The van der Waals surface area contributed by atoms with Crippen molar-refractivity contribution in [2.75, 3.05) is 39.9 Å². The Morgan fingerprint density at radius 1 is 1.33 bits per heavy atom. The zero-order valence-corrected chi connectivity index (χ0v) is 11.7. The molecule has 0 aromatic heterocycles. The van der Waals surface area contributed by atoms with Crippen LogP contribution in [0.1, 0.15) is 32.6 Å². The van der Waals surface area contributed by atoms with E-state index in [1.807, 2.05) is 0 Å². The Labute approximate surface area is 110 Å². The molecule has 2 aliphatic heterocycles. The van der Waals surface area contributed by atoms with Crippen LogP contribution in [0.4, 0.5) is 0 Å². The number of hydrogen-bond acceptors (Lipinski definition) is 3. The summed E-state index contributed by atoms with van der Waals surface area (Å²) in [5.74, 6) is 0.861. The lowest BCUT2D eigenvalue weighted by atomic mass is 9.79. The first-order valence-corrected chi connectivity index (χ1v) is 7.15. The third-order valence-corrected chi connectivity index (χ3v) is 4.53. The average molecular weight is 254 g/mol. The minimum Gasteiger partial charge on any atom is -0.381 e. The number of ether oxygens (including phenoxy) is 1. The van der Waals surface area contributed by atoms with Crippen LogP contribution in [0.2, 0.25) is 0 Å². The Kier molecular flexibility index (Phi) is 4.62. The third kappa shape index (κ3) is 3.45. The largest absolute Gasteiger partial charge is 0.381 e. The van der Waals surface area contributed by atoms with E-state index in [0.717, 1.165) is 58.5 Å². The highest BCUT2D eigenvalue weighted by atomic mass is 16.5. The second-order valence-corrected chi connectivity index (χ2v) is 6.13. The van der Waals surface area contributed by atoms with E-state index in [-0.39, 0.29) is 11.3 Å². The Balaban J connectivity index is 1.76. The van der Waals surface area contributed by atoms with Crippen molar-refractivity contribution in [3.8, 4) is 0 Å². The van der Waals surface area contributed by atoms with Gasteiger partial charge in [0.1, 0.15) is 0 Å². The molecule has 18 heavy (non-hydrogen) atoms. The molecule has 2 heterocycles. The first-order valence-electron chi connectivity index (χ1n) is 7.15. The summed E-state index contributed by atoms with van der Waals surface area (Å²) in [4.78, 5) is 14.6. The van der Waals surface area contributed by atoms with Crippen LogP contribution in [-0.4, -0.2) is 50.7 Å². The lowest BCUT2D eigenvalue weighted by Crippen LogP contribution is -2.47. The number of rotatable bonds is 3. The normalized spacial score (nSPS) is 25.9. The first kappa shape index (κ1) is 13.8. The molecule has 0 aromatic rings. The Morgan fingerprint density at radius 3 is 2.56 bits per heavy atom. The summed E-state index contributed by atoms with van der Waals surface area (Å²) in [7, 11) is 2.12. The fourth-order valence-electron chi connectivity index (χ4n) is 2.74. The van der Waals surface area contributed by atoms with Crippen LogP contribution in [0.3, 0.4) is 0 Å². The summed E-state index contributed by atoms with van der Waals surface area (Å²) in [5, 5.41) is 3.16. The molecule has 0 atom stereocenters. The summed E-state index contributed by atoms with van der Waals surface area (Å²) in [6.07, 6.45) is 4.12. The summed E-state index contributed by atoms with van der Waals surface area (Å²) in [6, 6.07) is 0. The number of amides is 1.